The zero-order valence-electron chi connectivity index (χ0n) is 9.40. The summed E-state index contributed by atoms with van der Waals surface area (Å²) >= 11 is 0. The van der Waals surface area contributed by atoms with Crippen molar-refractivity contribution >= 4 is 0 Å². The molecule has 16 heavy (non-hydrogen) atoms. The molecule has 0 aliphatic rings. The summed E-state index contributed by atoms with van der Waals surface area (Å²) in [6.07, 6.45) is 0.657. The first-order valence-electron chi connectivity index (χ1n) is 5.18. The largest absolute Gasteiger partial charge is 0.493 e. The Morgan fingerprint density at radius 3 is 2.62 bits per heavy atom. The van der Waals surface area contributed by atoms with Gasteiger partial charge in [0, 0.05) is 6.42 Å². The minimum atomic E-state index is 0.561. The standard InChI is InChI=1S/C11H14N4O/c1-8-4-3-5-9(2)11(8)16-7-6-10-12-14-15-13-10/h3-5H,6-7H2,1-2H3,(H,12,13,14,15). The van der Waals surface area contributed by atoms with Crippen molar-refractivity contribution in [2.24, 2.45) is 0 Å². The Kier molecular flexibility index (Phi) is 3.14. The fourth-order valence-electron chi connectivity index (χ4n) is 1.56. The number of tetrazole rings is 1. The van der Waals surface area contributed by atoms with Gasteiger partial charge in [-0.25, -0.2) is 0 Å². The molecule has 0 bridgehead atoms. The third kappa shape index (κ3) is 2.36. The van der Waals surface area contributed by atoms with Gasteiger partial charge in [0.2, 0.25) is 0 Å². The smallest absolute Gasteiger partial charge is 0.177 e. The van der Waals surface area contributed by atoms with E-state index in [-0.39, 0.29) is 0 Å². The summed E-state index contributed by atoms with van der Waals surface area (Å²) in [6.45, 7) is 4.64. The van der Waals surface area contributed by atoms with E-state index in [1.54, 1.807) is 0 Å². The maximum absolute atomic E-state index is 5.72. The molecule has 0 aliphatic heterocycles. The Morgan fingerprint density at radius 2 is 2.00 bits per heavy atom. The number of aryl methyl sites for hydroxylation is 2. The van der Waals surface area contributed by atoms with Crippen LogP contribution in [-0.4, -0.2) is 27.2 Å². The van der Waals surface area contributed by atoms with E-state index in [4.69, 9.17) is 4.74 Å². The molecular formula is C11H14N4O. The lowest BCUT2D eigenvalue weighted by Crippen LogP contribution is -2.05. The van der Waals surface area contributed by atoms with E-state index in [1.165, 1.54) is 0 Å². The first-order chi connectivity index (χ1) is 7.77. The summed E-state index contributed by atoms with van der Waals surface area (Å²) in [5, 5.41) is 13.6. The van der Waals surface area contributed by atoms with E-state index in [9.17, 15) is 0 Å². The maximum atomic E-state index is 5.72. The predicted molar refractivity (Wildman–Crippen MR) is 59.3 cm³/mol. The van der Waals surface area contributed by atoms with Crippen LogP contribution in [0.25, 0.3) is 0 Å². The van der Waals surface area contributed by atoms with Crippen molar-refractivity contribution in [2.45, 2.75) is 20.3 Å². The molecule has 5 heteroatoms. The number of aromatic amines is 1. The van der Waals surface area contributed by atoms with Crippen LogP contribution in [0.1, 0.15) is 17.0 Å². The molecule has 0 aliphatic carbocycles. The third-order valence-corrected chi connectivity index (χ3v) is 2.37. The number of rotatable bonds is 4. The Labute approximate surface area is 93.8 Å². The van der Waals surface area contributed by atoms with Crippen LogP contribution in [0.5, 0.6) is 5.75 Å². The van der Waals surface area contributed by atoms with Crippen LogP contribution >= 0.6 is 0 Å². The van der Waals surface area contributed by atoms with Crippen LogP contribution in [0.3, 0.4) is 0 Å². The highest BCUT2D eigenvalue weighted by atomic mass is 16.5. The summed E-state index contributed by atoms with van der Waals surface area (Å²) in [7, 11) is 0. The van der Waals surface area contributed by atoms with Crippen molar-refractivity contribution in [1.29, 1.82) is 0 Å². The molecular weight excluding hydrogens is 204 g/mol. The number of nitrogens with one attached hydrogen (secondary N) is 1. The van der Waals surface area contributed by atoms with E-state index in [0.29, 0.717) is 18.9 Å². The van der Waals surface area contributed by atoms with E-state index in [1.807, 2.05) is 32.0 Å². The van der Waals surface area contributed by atoms with Crippen LogP contribution < -0.4 is 4.74 Å². The molecule has 0 unspecified atom stereocenters. The normalized spacial score (nSPS) is 10.4. The molecule has 0 saturated heterocycles. The topological polar surface area (TPSA) is 63.7 Å². The van der Waals surface area contributed by atoms with Crippen LogP contribution in [0.15, 0.2) is 18.2 Å². The molecule has 1 N–H and O–H groups in total. The van der Waals surface area contributed by atoms with E-state index < -0.39 is 0 Å². The van der Waals surface area contributed by atoms with Gasteiger partial charge < -0.3 is 4.74 Å². The van der Waals surface area contributed by atoms with E-state index in [0.717, 1.165) is 16.9 Å². The number of benzene rings is 1. The lowest BCUT2D eigenvalue weighted by molar-refractivity contribution is 0.314. The van der Waals surface area contributed by atoms with Crippen molar-refractivity contribution in [2.75, 3.05) is 6.61 Å². The molecule has 0 fully saturated rings. The second-order valence-corrected chi connectivity index (χ2v) is 3.65. The van der Waals surface area contributed by atoms with Gasteiger partial charge in [0.15, 0.2) is 5.82 Å². The molecule has 0 atom stereocenters. The van der Waals surface area contributed by atoms with Gasteiger partial charge >= 0.3 is 0 Å². The number of ether oxygens (including phenoxy) is 1. The Bertz CT molecular complexity index is 433. The zero-order valence-corrected chi connectivity index (χ0v) is 9.40. The van der Waals surface area contributed by atoms with Crippen molar-refractivity contribution in [3.63, 3.8) is 0 Å². The number of hydrogen-bond acceptors (Lipinski definition) is 4. The zero-order chi connectivity index (χ0) is 11.4. The van der Waals surface area contributed by atoms with Crippen molar-refractivity contribution in [3.8, 4) is 5.75 Å². The fraction of sp³-hybridized carbons (Fsp3) is 0.364. The highest BCUT2D eigenvalue weighted by Crippen LogP contribution is 2.22. The van der Waals surface area contributed by atoms with Crippen LogP contribution in [0.2, 0.25) is 0 Å². The molecule has 84 valence electrons. The van der Waals surface area contributed by atoms with Gasteiger partial charge in [0.05, 0.1) is 6.61 Å². The predicted octanol–water partition coefficient (Wildman–Crippen LogP) is 1.44. The first-order valence-corrected chi connectivity index (χ1v) is 5.18. The Hall–Kier alpha value is -1.91. The maximum Gasteiger partial charge on any atom is 0.177 e. The lowest BCUT2D eigenvalue weighted by atomic mass is 10.1. The molecule has 1 heterocycles. The average Bonchev–Trinajstić information content (AvgIpc) is 2.75. The SMILES string of the molecule is Cc1cccc(C)c1OCCc1nn[nH]n1. The number of para-hydroxylation sites is 1. The highest BCUT2D eigenvalue weighted by molar-refractivity contribution is 5.39. The minimum absolute atomic E-state index is 0.561. The second kappa shape index (κ2) is 4.74. The second-order valence-electron chi connectivity index (χ2n) is 3.65. The lowest BCUT2D eigenvalue weighted by Gasteiger charge is -2.10. The van der Waals surface area contributed by atoms with Gasteiger partial charge in [0.1, 0.15) is 5.75 Å². The van der Waals surface area contributed by atoms with Gasteiger partial charge in [-0.3, -0.25) is 0 Å². The van der Waals surface area contributed by atoms with Gasteiger partial charge in [0.25, 0.3) is 0 Å². The first kappa shape index (κ1) is 10.6. The number of H-pyrrole nitrogens is 1. The number of nitrogens with zero attached hydrogens (tertiary/aromatic N) is 3. The summed E-state index contributed by atoms with van der Waals surface area (Å²) in [5.41, 5.74) is 2.29. The van der Waals surface area contributed by atoms with Gasteiger partial charge in [-0.15, -0.1) is 10.2 Å². The quantitative estimate of drug-likeness (QED) is 0.843. The molecule has 0 saturated carbocycles. The Balaban J connectivity index is 1.95. The molecule has 0 radical (unpaired) electrons. The summed E-state index contributed by atoms with van der Waals surface area (Å²) in [4.78, 5) is 0. The van der Waals surface area contributed by atoms with Crippen molar-refractivity contribution < 1.29 is 4.74 Å². The monoisotopic (exact) mass is 218 g/mol. The molecule has 1 aromatic heterocycles. The molecule has 5 nitrogen and oxygen atoms in total. The van der Waals surface area contributed by atoms with E-state index in [2.05, 4.69) is 20.6 Å². The minimum Gasteiger partial charge on any atom is -0.493 e. The Morgan fingerprint density at radius 1 is 1.25 bits per heavy atom. The summed E-state index contributed by atoms with van der Waals surface area (Å²) < 4.78 is 5.72. The van der Waals surface area contributed by atoms with Crippen molar-refractivity contribution in [3.05, 3.63) is 35.2 Å². The molecule has 2 rings (SSSR count). The van der Waals surface area contributed by atoms with Gasteiger partial charge in [-0.05, 0) is 25.0 Å². The van der Waals surface area contributed by atoms with Crippen LogP contribution in [0, 0.1) is 13.8 Å². The molecule has 2 aromatic rings. The molecule has 0 spiro atoms. The highest BCUT2D eigenvalue weighted by Gasteiger charge is 2.04. The summed E-state index contributed by atoms with van der Waals surface area (Å²) in [6, 6.07) is 6.10. The van der Waals surface area contributed by atoms with Gasteiger partial charge in [-0.2, -0.15) is 5.21 Å². The molecule has 0 amide bonds. The molecule has 1 aromatic carbocycles. The number of aromatic nitrogens is 4. The third-order valence-electron chi connectivity index (χ3n) is 2.37. The van der Waals surface area contributed by atoms with E-state index >= 15 is 0 Å². The van der Waals surface area contributed by atoms with Crippen LogP contribution in [0.4, 0.5) is 0 Å². The van der Waals surface area contributed by atoms with Gasteiger partial charge in [-0.1, -0.05) is 23.4 Å². The van der Waals surface area contributed by atoms with Crippen molar-refractivity contribution in [1.82, 2.24) is 20.6 Å². The fourth-order valence-corrected chi connectivity index (χ4v) is 1.56. The average molecular weight is 218 g/mol. The number of hydrogen-bond donors (Lipinski definition) is 1. The van der Waals surface area contributed by atoms with Crippen LogP contribution in [-0.2, 0) is 6.42 Å². The summed E-state index contributed by atoms with van der Waals surface area (Å²) in [5.74, 6) is 1.62.